The summed E-state index contributed by atoms with van der Waals surface area (Å²) >= 11 is 5.22. The zero-order valence-electron chi connectivity index (χ0n) is 11.6. The lowest BCUT2D eigenvalue weighted by Crippen LogP contribution is -2.15. The van der Waals surface area contributed by atoms with Crippen LogP contribution in [0.5, 0.6) is 5.88 Å². The van der Waals surface area contributed by atoms with Crippen LogP contribution in [0.3, 0.4) is 0 Å². The van der Waals surface area contributed by atoms with Gasteiger partial charge in [0, 0.05) is 34.1 Å². The van der Waals surface area contributed by atoms with E-state index in [2.05, 4.69) is 56.7 Å². The summed E-state index contributed by atoms with van der Waals surface area (Å²) in [6, 6.07) is 6.26. The van der Waals surface area contributed by atoms with Gasteiger partial charge in [-0.2, -0.15) is 0 Å². The van der Waals surface area contributed by atoms with Gasteiger partial charge in [0.15, 0.2) is 0 Å². The van der Waals surface area contributed by atoms with Gasteiger partial charge in [-0.3, -0.25) is 0 Å². The molecule has 1 N–H and O–H groups in total. The Labute approximate surface area is 132 Å². The Morgan fingerprint density at radius 3 is 3.10 bits per heavy atom. The molecule has 2 rings (SSSR count). The lowest BCUT2D eigenvalue weighted by Gasteiger charge is -2.11. The third-order valence-electron chi connectivity index (χ3n) is 2.80. The van der Waals surface area contributed by atoms with Crippen LogP contribution >= 0.6 is 27.3 Å². The van der Waals surface area contributed by atoms with Crippen molar-refractivity contribution in [3.63, 3.8) is 0 Å². The molecule has 0 unspecified atom stereocenters. The molecule has 0 aliphatic carbocycles. The normalized spacial score (nSPS) is 10.7. The van der Waals surface area contributed by atoms with E-state index in [0.717, 1.165) is 41.8 Å². The van der Waals surface area contributed by atoms with Crippen LogP contribution in [0.1, 0.15) is 23.8 Å². The van der Waals surface area contributed by atoms with E-state index in [4.69, 9.17) is 4.74 Å². The molecule has 0 bridgehead atoms. The molecular formula is C15H19BrN2OS. The molecule has 0 aromatic carbocycles. The van der Waals surface area contributed by atoms with Gasteiger partial charge in [0.25, 0.3) is 0 Å². The van der Waals surface area contributed by atoms with Crippen molar-refractivity contribution in [2.45, 2.75) is 26.3 Å². The molecule has 20 heavy (non-hydrogen) atoms. The minimum atomic E-state index is 0.663. The molecule has 0 fully saturated rings. The van der Waals surface area contributed by atoms with Gasteiger partial charge >= 0.3 is 0 Å². The second kappa shape index (κ2) is 8.39. The first-order chi connectivity index (χ1) is 9.79. The summed E-state index contributed by atoms with van der Waals surface area (Å²) in [5.74, 6) is 0.730. The standard InChI is InChI=1S/C15H19BrN2OS/c1-2-6-17-10-12-9-13(16)11-18-15(12)19-7-5-14-4-3-8-20-14/h3-4,8-9,11,17H,2,5-7,10H2,1H3. The maximum absolute atomic E-state index is 5.83. The zero-order valence-corrected chi connectivity index (χ0v) is 14.0. The average molecular weight is 355 g/mol. The Morgan fingerprint density at radius 2 is 2.35 bits per heavy atom. The Kier molecular flexibility index (Phi) is 6.50. The smallest absolute Gasteiger partial charge is 0.217 e. The summed E-state index contributed by atoms with van der Waals surface area (Å²) < 4.78 is 6.81. The van der Waals surface area contributed by atoms with E-state index in [-0.39, 0.29) is 0 Å². The van der Waals surface area contributed by atoms with Gasteiger partial charge in [-0.05, 0) is 46.4 Å². The van der Waals surface area contributed by atoms with Crippen molar-refractivity contribution in [1.82, 2.24) is 10.3 Å². The highest BCUT2D eigenvalue weighted by atomic mass is 79.9. The number of halogens is 1. The highest BCUT2D eigenvalue weighted by molar-refractivity contribution is 9.10. The molecule has 0 amide bonds. The summed E-state index contributed by atoms with van der Waals surface area (Å²) in [7, 11) is 0. The summed E-state index contributed by atoms with van der Waals surface area (Å²) in [6.07, 6.45) is 3.83. The topological polar surface area (TPSA) is 34.2 Å². The van der Waals surface area contributed by atoms with Crippen LogP contribution in [0.25, 0.3) is 0 Å². The molecular weight excluding hydrogens is 336 g/mol. The Balaban J connectivity index is 1.91. The summed E-state index contributed by atoms with van der Waals surface area (Å²) in [5.41, 5.74) is 1.10. The van der Waals surface area contributed by atoms with Gasteiger partial charge in [0.1, 0.15) is 0 Å². The van der Waals surface area contributed by atoms with Crippen LogP contribution in [0.2, 0.25) is 0 Å². The van der Waals surface area contributed by atoms with E-state index in [1.807, 2.05) is 0 Å². The fourth-order valence-corrected chi connectivity index (χ4v) is 2.90. The molecule has 108 valence electrons. The van der Waals surface area contributed by atoms with Crippen molar-refractivity contribution < 1.29 is 4.74 Å². The lowest BCUT2D eigenvalue weighted by molar-refractivity contribution is 0.306. The van der Waals surface area contributed by atoms with Crippen molar-refractivity contribution in [1.29, 1.82) is 0 Å². The molecule has 0 spiro atoms. The number of pyridine rings is 1. The van der Waals surface area contributed by atoms with Crippen LogP contribution < -0.4 is 10.1 Å². The fraction of sp³-hybridized carbons (Fsp3) is 0.400. The monoisotopic (exact) mass is 354 g/mol. The number of hydrogen-bond donors (Lipinski definition) is 1. The van der Waals surface area contributed by atoms with Crippen LogP contribution in [-0.2, 0) is 13.0 Å². The molecule has 0 saturated carbocycles. The van der Waals surface area contributed by atoms with Gasteiger partial charge in [0.05, 0.1) is 6.61 Å². The minimum absolute atomic E-state index is 0.663. The molecule has 0 radical (unpaired) electrons. The molecule has 2 heterocycles. The fourth-order valence-electron chi connectivity index (χ4n) is 1.83. The Bertz CT molecular complexity index is 517. The largest absolute Gasteiger partial charge is 0.477 e. The summed E-state index contributed by atoms with van der Waals surface area (Å²) in [4.78, 5) is 5.71. The molecule has 2 aromatic heterocycles. The molecule has 0 saturated heterocycles. The Hall–Kier alpha value is -0.910. The number of aromatic nitrogens is 1. The molecule has 0 aliphatic heterocycles. The number of rotatable bonds is 8. The van der Waals surface area contributed by atoms with Gasteiger partial charge < -0.3 is 10.1 Å². The van der Waals surface area contributed by atoms with Crippen molar-refractivity contribution in [3.05, 3.63) is 44.7 Å². The van der Waals surface area contributed by atoms with Crippen LogP contribution in [-0.4, -0.2) is 18.1 Å². The Morgan fingerprint density at radius 1 is 1.45 bits per heavy atom. The van der Waals surface area contributed by atoms with E-state index in [1.54, 1.807) is 17.5 Å². The van der Waals surface area contributed by atoms with E-state index in [9.17, 15) is 0 Å². The predicted octanol–water partition coefficient (Wildman–Crippen LogP) is 4.03. The second-order valence-electron chi connectivity index (χ2n) is 4.47. The van der Waals surface area contributed by atoms with Crippen molar-refractivity contribution in [3.8, 4) is 5.88 Å². The number of nitrogens with zero attached hydrogens (tertiary/aromatic N) is 1. The van der Waals surface area contributed by atoms with Crippen molar-refractivity contribution >= 4 is 27.3 Å². The van der Waals surface area contributed by atoms with Crippen LogP contribution in [0, 0.1) is 0 Å². The zero-order chi connectivity index (χ0) is 14.2. The maximum atomic E-state index is 5.83. The third kappa shape index (κ3) is 4.89. The molecule has 0 atom stereocenters. The SMILES string of the molecule is CCCNCc1cc(Br)cnc1OCCc1cccs1. The highest BCUT2D eigenvalue weighted by Crippen LogP contribution is 2.20. The lowest BCUT2D eigenvalue weighted by atomic mass is 10.2. The summed E-state index contributed by atoms with van der Waals surface area (Å²) in [5, 5.41) is 5.47. The van der Waals surface area contributed by atoms with E-state index < -0.39 is 0 Å². The van der Waals surface area contributed by atoms with Crippen LogP contribution in [0.15, 0.2) is 34.2 Å². The predicted molar refractivity (Wildman–Crippen MR) is 87.5 cm³/mol. The molecule has 3 nitrogen and oxygen atoms in total. The van der Waals surface area contributed by atoms with Gasteiger partial charge in [-0.25, -0.2) is 4.98 Å². The highest BCUT2D eigenvalue weighted by Gasteiger charge is 2.06. The number of thiophene rings is 1. The van der Waals surface area contributed by atoms with Gasteiger partial charge in [0.2, 0.25) is 5.88 Å². The van der Waals surface area contributed by atoms with Crippen LogP contribution in [0.4, 0.5) is 0 Å². The number of nitrogens with one attached hydrogen (secondary N) is 1. The van der Waals surface area contributed by atoms with Crippen molar-refractivity contribution in [2.75, 3.05) is 13.2 Å². The quantitative estimate of drug-likeness (QED) is 0.726. The first kappa shape index (κ1) is 15.5. The van der Waals surface area contributed by atoms with E-state index in [1.165, 1.54) is 4.88 Å². The number of ether oxygens (including phenoxy) is 1. The van der Waals surface area contributed by atoms with E-state index in [0.29, 0.717) is 6.61 Å². The first-order valence-corrected chi connectivity index (χ1v) is 8.47. The first-order valence-electron chi connectivity index (χ1n) is 6.80. The maximum Gasteiger partial charge on any atom is 0.217 e. The van der Waals surface area contributed by atoms with Gasteiger partial charge in [-0.1, -0.05) is 13.0 Å². The summed E-state index contributed by atoms with van der Waals surface area (Å²) in [6.45, 7) is 4.61. The third-order valence-corrected chi connectivity index (χ3v) is 4.17. The van der Waals surface area contributed by atoms with Crippen molar-refractivity contribution in [2.24, 2.45) is 0 Å². The van der Waals surface area contributed by atoms with E-state index >= 15 is 0 Å². The average Bonchev–Trinajstić information content (AvgIpc) is 2.95. The molecule has 2 aromatic rings. The van der Waals surface area contributed by atoms with Gasteiger partial charge in [-0.15, -0.1) is 11.3 Å². The second-order valence-corrected chi connectivity index (χ2v) is 6.42. The molecule has 0 aliphatic rings. The molecule has 5 heteroatoms. The minimum Gasteiger partial charge on any atom is -0.477 e. The number of hydrogen-bond acceptors (Lipinski definition) is 4.